The molecule has 0 aliphatic rings. The van der Waals surface area contributed by atoms with E-state index in [1.807, 2.05) is 26.0 Å². The number of hydrogen-bond donors (Lipinski definition) is 2. The molecule has 0 saturated heterocycles. The van der Waals surface area contributed by atoms with Gasteiger partial charge in [0, 0.05) is 18.3 Å². The van der Waals surface area contributed by atoms with Crippen LogP contribution in [0.4, 0.5) is 5.69 Å². The third kappa shape index (κ3) is 4.00. The molecule has 0 atom stereocenters. The topological polar surface area (TPSA) is 89.2 Å². The average molecular weight is 352 g/mol. The highest BCUT2D eigenvalue weighted by Gasteiger charge is 2.19. The van der Waals surface area contributed by atoms with Crippen molar-refractivity contribution >= 4 is 17.5 Å². The lowest BCUT2D eigenvalue weighted by Crippen LogP contribution is -2.25. The van der Waals surface area contributed by atoms with Crippen LogP contribution in [0.2, 0.25) is 0 Å². The highest BCUT2D eigenvalue weighted by molar-refractivity contribution is 6.08. The summed E-state index contributed by atoms with van der Waals surface area (Å²) >= 11 is 0. The van der Waals surface area contributed by atoms with Gasteiger partial charge in [0.2, 0.25) is 0 Å². The van der Waals surface area contributed by atoms with E-state index in [4.69, 9.17) is 4.42 Å². The number of carbonyl (C=O) groups excluding carboxylic acids is 2. The van der Waals surface area contributed by atoms with E-state index in [9.17, 15) is 9.59 Å². The van der Waals surface area contributed by atoms with Crippen LogP contribution in [0.5, 0.6) is 0 Å². The van der Waals surface area contributed by atoms with Crippen molar-refractivity contribution in [1.82, 2.24) is 15.1 Å². The van der Waals surface area contributed by atoms with E-state index in [0.29, 0.717) is 23.6 Å². The van der Waals surface area contributed by atoms with E-state index in [1.165, 1.54) is 0 Å². The summed E-state index contributed by atoms with van der Waals surface area (Å²) < 4.78 is 6.80. The standard InChI is InChI=1S/C19H20N4O3/c1-3-23-12-16(21-18(24)14-7-4-6-13(2)10-14)17(22-23)19(25)20-11-15-8-5-9-26-15/h4-10,12H,3,11H2,1-2H3,(H,20,25)(H,21,24). The Bertz CT molecular complexity index is 913. The minimum absolute atomic E-state index is 0.166. The van der Waals surface area contributed by atoms with Gasteiger partial charge in [0.05, 0.1) is 18.5 Å². The summed E-state index contributed by atoms with van der Waals surface area (Å²) in [6, 6.07) is 10.8. The van der Waals surface area contributed by atoms with Crippen molar-refractivity contribution in [1.29, 1.82) is 0 Å². The summed E-state index contributed by atoms with van der Waals surface area (Å²) in [4.78, 5) is 25.0. The van der Waals surface area contributed by atoms with Crippen LogP contribution in [0.25, 0.3) is 0 Å². The summed E-state index contributed by atoms with van der Waals surface area (Å²) in [6.45, 7) is 4.65. The Labute approximate surface area is 151 Å². The number of hydrogen-bond acceptors (Lipinski definition) is 4. The number of amides is 2. The zero-order valence-electron chi connectivity index (χ0n) is 14.7. The smallest absolute Gasteiger partial charge is 0.274 e. The molecule has 3 rings (SSSR count). The molecule has 7 nitrogen and oxygen atoms in total. The Morgan fingerprint density at radius 2 is 2.04 bits per heavy atom. The zero-order chi connectivity index (χ0) is 18.5. The Hall–Kier alpha value is -3.35. The molecule has 0 bridgehead atoms. The minimum atomic E-state index is -0.381. The van der Waals surface area contributed by atoms with Crippen LogP contribution < -0.4 is 10.6 Å². The first kappa shape index (κ1) is 17.5. The molecular weight excluding hydrogens is 332 g/mol. The molecule has 2 heterocycles. The first-order valence-electron chi connectivity index (χ1n) is 8.33. The van der Waals surface area contributed by atoms with Crippen LogP contribution in [0, 0.1) is 6.92 Å². The molecule has 26 heavy (non-hydrogen) atoms. The first-order valence-corrected chi connectivity index (χ1v) is 8.33. The average Bonchev–Trinajstić information content (AvgIpc) is 3.29. The maximum absolute atomic E-state index is 12.5. The quantitative estimate of drug-likeness (QED) is 0.714. The highest BCUT2D eigenvalue weighted by atomic mass is 16.3. The monoisotopic (exact) mass is 352 g/mol. The lowest BCUT2D eigenvalue weighted by molar-refractivity contribution is 0.0943. The van der Waals surface area contributed by atoms with Crippen molar-refractivity contribution in [2.45, 2.75) is 26.9 Å². The van der Waals surface area contributed by atoms with Gasteiger partial charge in [-0.05, 0) is 38.1 Å². The van der Waals surface area contributed by atoms with Crippen molar-refractivity contribution in [3.8, 4) is 0 Å². The van der Waals surface area contributed by atoms with Crippen LogP contribution in [0.15, 0.2) is 53.3 Å². The molecule has 0 saturated carbocycles. The van der Waals surface area contributed by atoms with Gasteiger partial charge in [-0.15, -0.1) is 0 Å². The Balaban J connectivity index is 1.77. The first-order chi connectivity index (χ1) is 12.6. The maximum atomic E-state index is 12.5. The Morgan fingerprint density at radius 3 is 2.73 bits per heavy atom. The van der Waals surface area contributed by atoms with Crippen molar-refractivity contribution in [2.24, 2.45) is 0 Å². The van der Waals surface area contributed by atoms with Crippen LogP contribution in [0.1, 0.15) is 39.1 Å². The number of benzene rings is 1. The minimum Gasteiger partial charge on any atom is -0.467 e. The van der Waals surface area contributed by atoms with Gasteiger partial charge in [-0.1, -0.05) is 17.7 Å². The highest BCUT2D eigenvalue weighted by Crippen LogP contribution is 2.16. The van der Waals surface area contributed by atoms with E-state index >= 15 is 0 Å². The second-order valence-corrected chi connectivity index (χ2v) is 5.83. The molecule has 7 heteroatoms. The van der Waals surface area contributed by atoms with Gasteiger partial charge in [0.1, 0.15) is 5.76 Å². The largest absolute Gasteiger partial charge is 0.467 e. The molecular formula is C19H20N4O3. The Morgan fingerprint density at radius 1 is 1.19 bits per heavy atom. The summed E-state index contributed by atoms with van der Waals surface area (Å²) in [5.74, 6) is -0.0313. The molecule has 0 spiro atoms. The summed E-state index contributed by atoms with van der Waals surface area (Å²) in [5, 5.41) is 9.77. The summed E-state index contributed by atoms with van der Waals surface area (Å²) in [7, 11) is 0. The fraction of sp³-hybridized carbons (Fsp3) is 0.211. The van der Waals surface area contributed by atoms with Crippen LogP contribution in [-0.4, -0.2) is 21.6 Å². The molecule has 1 aromatic carbocycles. The van der Waals surface area contributed by atoms with Crippen LogP contribution >= 0.6 is 0 Å². The molecule has 0 aliphatic heterocycles. The van der Waals surface area contributed by atoms with Gasteiger partial charge in [-0.2, -0.15) is 5.10 Å². The fourth-order valence-corrected chi connectivity index (χ4v) is 2.49. The number of nitrogens with zero attached hydrogens (tertiary/aromatic N) is 2. The molecule has 134 valence electrons. The van der Waals surface area contributed by atoms with Crippen molar-refractivity contribution in [2.75, 3.05) is 5.32 Å². The second kappa shape index (κ2) is 7.69. The zero-order valence-corrected chi connectivity index (χ0v) is 14.7. The number of furan rings is 1. The van der Waals surface area contributed by atoms with Gasteiger partial charge in [0.15, 0.2) is 5.69 Å². The third-order valence-corrected chi connectivity index (χ3v) is 3.83. The van der Waals surface area contributed by atoms with Gasteiger partial charge in [-0.3, -0.25) is 14.3 Å². The van der Waals surface area contributed by atoms with Crippen molar-refractivity contribution in [3.05, 3.63) is 71.4 Å². The number of rotatable bonds is 6. The normalized spacial score (nSPS) is 10.5. The summed E-state index contributed by atoms with van der Waals surface area (Å²) in [5.41, 5.74) is 2.05. The second-order valence-electron chi connectivity index (χ2n) is 5.83. The van der Waals surface area contributed by atoms with Gasteiger partial charge in [-0.25, -0.2) is 0 Å². The predicted octanol–water partition coefficient (Wildman–Crippen LogP) is 2.99. The number of nitrogens with one attached hydrogen (secondary N) is 2. The SMILES string of the molecule is CCn1cc(NC(=O)c2cccc(C)c2)c(C(=O)NCc2ccco2)n1. The molecule has 0 aliphatic carbocycles. The van der Waals surface area contributed by atoms with Gasteiger partial charge >= 0.3 is 0 Å². The molecule has 2 aromatic heterocycles. The molecule has 2 N–H and O–H groups in total. The molecule has 0 radical (unpaired) electrons. The number of anilines is 1. The lowest BCUT2D eigenvalue weighted by atomic mass is 10.1. The van der Waals surface area contributed by atoms with Gasteiger partial charge < -0.3 is 15.1 Å². The van der Waals surface area contributed by atoms with E-state index in [-0.39, 0.29) is 24.1 Å². The third-order valence-electron chi connectivity index (χ3n) is 3.83. The Kier molecular flexibility index (Phi) is 5.17. The number of aromatic nitrogens is 2. The molecule has 2 amide bonds. The molecule has 0 fully saturated rings. The number of aryl methyl sites for hydroxylation is 2. The van der Waals surface area contributed by atoms with E-state index in [2.05, 4.69) is 15.7 Å². The van der Waals surface area contributed by atoms with E-state index in [1.54, 1.807) is 41.4 Å². The molecule has 3 aromatic rings. The lowest BCUT2D eigenvalue weighted by Gasteiger charge is -2.06. The van der Waals surface area contributed by atoms with Crippen molar-refractivity contribution < 1.29 is 14.0 Å². The van der Waals surface area contributed by atoms with Gasteiger partial charge in [0.25, 0.3) is 11.8 Å². The van der Waals surface area contributed by atoms with Crippen LogP contribution in [-0.2, 0) is 13.1 Å². The number of carbonyl (C=O) groups is 2. The van der Waals surface area contributed by atoms with E-state index < -0.39 is 0 Å². The van der Waals surface area contributed by atoms with Crippen LogP contribution in [0.3, 0.4) is 0 Å². The predicted molar refractivity (Wildman–Crippen MR) is 96.9 cm³/mol. The fourth-order valence-electron chi connectivity index (χ4n) is 2.49. The van der Waals surface area contributed by atoms with Crippen molar-refractivity contribution in [3.63, 3.8) is 0 Å². The molecule has 0 unspecified atom stereocenters. The van der Waals surface area contributed by atoms with E-state index in [0.717, 1.165) is 5.56 Å². The summed E-state index contributed by atoms with van der Waals surface area (Å²) in [6.07, 6.45) is 3.19. The maximum Gasteiger partial charge on any atom is 0.274 e.